The van der Waals surface area contributed by atoms with Crippen LogP contribution in [0.25, 0.3) is 0 Å². The van der Waals surface area contributed by atoms with Gasteiger partial charge in [0.25, 0.3) is 6.20 Å². The third-order valence-corrected chi connectivity index (χ3v) is 2.86. The monoisotopic (exact) mass is 272 g/mol. The number of nitro groups is 1. The maximum Gasteiger partial charge on any atom is 0.263 e. The number of rotatable bonds is 6. The fraction of sp³-hybridized carbons (Fsp3) is 0.273. The highest BCUT2D eigenvalue weighted by Gasteiger charge is 2.09. The van der Waals surface area contributed by atoms with Crippen LogP contribution in [-0.2, 0) is 0 Å². The van der Waals surface area contributed by atoms with Gasteiger partial charge in [-0.15, -0.1) is 11.8 Å². The number of nitrogens with one attached hydrogen (secondary N) is 1. The number of aliphatic hydroxyl groups is 1. The van der Waals surface area contributed by atoms with E-state index in [9.17, 15) is 19.6 Å². The average molecular weight is 272 g/mol. The molecule has 1 unspecified atom stereocenters. The Labute approximate surface area is 108 Å². The number of hydrogen-bond donors (Lipinski definition) is 2. The van der Waals surface area contributed by atoms with E-state index in [2.05, 4.69) is 5.32 Å². The Morgan fingerprint density at radius 3 is 2.72 bits per heavy atom. The number of aliphatic hydroxyl groups excluding tert-OH is 1. The molecule has 18 heavy (non-hydrogen) atoms. The van der Waals surface area contributed by atoms with Crippen molar-refractivity contribution in [1.82, 2.24) is 5.32 Å². The fourth-order valence-corrected chi connectivity index (χ4v) is 1.69. The van der Waals surface area contributed by atoms with E-state index in [1.165, 1.54) is 36.0 Å². The van der Waals surface area contributed by atoms with Gasteiger partial charge in [0.1, 0.15) is 10.8 Å². The topological polar surface area (TPSA) is 75.4 Å². The lowest BCUT2D eigenvalue weighted by atomic mass is 10.1. The molecule has 1 aromatic carbocycles. The molecule has 0 saturated carbocycles. The minimum absolute atomic E-state index is 0.117. The highest BCUT2D eigenvalue weighted by atomic mass is 32.2. The molecule has 1 rings (SSSR count). The standard InChI is InChI=1S/C11H13FN2O3S/c1-18-11(7-14(16)17)13-6-10(15)8-2-4-9(12)5-3-8/h2-5,7,10,13,15H,6H2,1H3. The molecule has 0 bridgehead atoms. The Hall–Kier alpha value is -1.60. The van der Waals surface area contributed by atoms with E-state index < -0.39 is 11.0 Å². The first kappa shape index (κ1) is 14.5. The zero-order valence-electron chi connectivity index (χ0n) is 9.67. The van der Waals surface area contributed by atoms with Crippen molar-refractivity contribution in [2.24, 2.45) is 0 Å². The van der Waals surface area contributed by atoms with Crippen LogP contribution in [0.5, 0.6) is 0 Å². The first-order chi connectivity index (χ1) is 8.52. The van der Waals surface area contributed by atoms with Gasteiger partial charge in [-0.3, -0.25) is 10.1 Å². The molecule has 5 nitrogen and oxygen atoms in total. The lowest BCUT2D eigenvalue weighted by Crippen LogP contribution is -2.20. The lowest BCUT2D eigenvalue weighted by Gasteiger charge is -2.13. The maximum absolute atomic E-state index is 12.7. The number of nitrogens with zero attached hydrogens (tertiary/aromatic N) is 1. The van der Waals surface area contributed by atoms with Gasteiger partial charge in [0, 0.05) is 6.54 Å². The number of hydrogen-bond acceptors (Lipinski definition) is 5. The number of benzene rings is 1. The summed E-state index contributed by atoms with van der Waals surface area (Å²) in [6.45, 7) is 0.117. The van der Waals surface area contributed by atoms with Gasteiger partial charge < -0.3 is 10.4 Å². The van der Waals surface area contributed by atoms with Gasteiger partial charge in [0.05, 0.1) is 11.0 Å². The van der Waals surface area contributed by atoms with Gasteiger partial charge in [-0.2, -0.15) is 0 Å². The summed E-state index contributed by atoms with van der Waals surface area (Å²) in [5.74, 6) is -0.378. The van der Waals surface area contributed by atoms with Gasteiger partial charge in [-0.1, -0.05) is 12.1 Å². The third kappa shape index (κ3) is 4.72. The molecule has 0 fully saturated rings. The van der Waals surface area contributed by atoms with E-state index in [1.807, 2.05) is 0 Å². The first-order valence-corrected chi connectivity index (χ1v) is 6.32. The zero-order chi connectivity index (χ0) is 13.5. The van der Waals surface area contributed by atoms with Crippen molar-refractivity contribution >= 4 is 11.8 Å². The summed E-state index contributed by atoms with van der Waals surface area (Å²) in [6.07, 6.45) is 1.67. The molecule has 0 aliphatic carbocycles. The van der Waals surface area contributed by atoms with Crippen LogP contribution < -0.4 is 5.32 Å². The maximum atomic E-state index is 12.7. The highest BCUT2D eigenvalue weighted by Crippen LogP contribution is 2.14. The van der Waals surface area contributed by atoms with Gasteiger partial charge >= 0.3 is 0 Å². The molecule has 98 valence electrons. The number of halogens is 1. The van der Waals surface area contributed by atoms with Crippen molar-refractivity contribution in [3.8, 4) is 0 Å². The van der Waals surface area contributed by atoms with Crippen molar-refractivity contribution in [1.29, 1.82) is 0 Å². The molecule has 0 heterocycles. The summed E-state index contributed by atoms with van der Waals surface area (Å²) in [5, 5.41) is 23.2. The molecule has 0 saturated heterocycles. The molecular formula is C11H13FN2O3S. The minimum Gasteiger partial charge on any atom is -0.387 e. The van der Waals surface area contributed by atoms with Crippen LogP contribution in [0.1, 0.15) is 11.7 Å². The molecule has 0 aliphatic heterocycles. The van der Waals surface area contributed by atoms with E-state index in [0.717, 1.165) is 6.20 Å². The Bertz CT molecular complexity index is 436. The second kappa shape index (κ2) is 6.97. The molecule has 2 N–H and O–H groups in total. The summed E-state index contributed by atoms with van der Waals surface area (Å²) >= 11 is 1.18. The average Bonchev–Trinajstić information content (AvgIpc) is 2.34. The van der Waals surface area contributed by atoms with Crippen LogP contribution in [0.3, 0.4) is 0 Å². The van der Waals surface area contributed by atoms with Gasteiger partial charge in [0.2, 0.25) is 0 Å². The Balaban J connectivity index is 2.57. The molecule has 0 amide bonds. The van der Waals surface area contributed by atoms with E-state index in [1.54, 1.807) is 6.26 Å². The largest absolute Gasteiger partial charge is 0.387 e. The van der Waals surface area contributed by atoms with Gasteiger partial charge in [-0.05, 0) is 24.0 Å². The second-order valence-electron chi connectivity index (χ2n) is 3.43. The molecule has 0 radical (unpaired) electrons. The fourth-order valence-electron chi connectivity index (χ4n) is 1.27. The predicted molar refractivity (Wildman–Crippen MR) is 68.0 cm³/mol. The summed E-state index contributed by atoms with van der Waals surface area (Å²) < 4.78 is 12.7. The third-order valence-electron chi connectivity index (χ3n) is 2.17. The summed E-state index contributed by atoms with van der Waals surface area (Å²) in [7, 11) is 0. The van der Waals surface area contributed by atoms with E-state index in [0.29, 0.717) is 10.6 Å². The van der Waals surface area contributed by atoms with Crippen LogP contribution in [-0.4, -0.2) is 22.8 Å². The van der Waals surface area contributed by atoms with Crippen LogP contribution in [0.15, 0.2) is 35.5 Å². The smallest absolute Gasteiger partial charge is 0.263 e. The predicted octanol–water partition coefficient (Wildman–Crippen LogP) is 1.89. The van der Waals surface area contributed by atoms with Crippen molar-refractivity contribution in [2.45, 2.75) is 6.10 Å². The number of thioether (sulfide) groups is 1. The quantitative estimate of drug-likeness (QED) is 0.611. The molecule has 1 atom stereocenters. The van der Waals surface area contributed by atoms with Gasteiger partial charge in [-0.25, -0.2) is 4.39 Å². The summed E-state index contributed by atoms with van der Waals surface area (Å²) in [4.78, 5) is 9.73. The zero-order valence-corrected chi connectivity index (χ0v) is 10.5. The van der Waals surface area contributed by atoms with Crippen molar-refractivity contribution in [3.05, 3.63) is 57.0 Å². The SMILES string of the molecule is CSC(=C[N+](=O)[O-])NCC(O)c1ccc(F)cc1. The van der Waals surface area contributed by atoms with Crippen LogP contribution in [0, 0.1) is 15.9 Å². The molecule has 0 spiro atoms. The molecular weight excluding hydrogens is 259 g/mol. The van der Waals surface area contributed by atoms with Crippen molar-refractivity contribution in [2.75, 3.05) is 12.8 Å². The van der Waals surface area contributed by atoms with E-state index in [-0.39, 0.29) is 12.4 Å². The van der Waals surface area contributed by atoms with Crippen molar-refractivity contribution in [3.63, 3.8) is 0 Å². The second-order valence-corrected chi connectivity index (χ2v) is 4.28. The molecule has 1 aromatic rings. The lowest BCUT2D eigenvalue weighted by molar-refractivity contribution is -0.403. The Morgan fingerprint density at radius 1 is 1.61 bits per heavy atom. The summed E-state index contributed by atoms with van der Waals surface area (Å²) in [6, 6.07) is 5.44. The minimum atomic E-state index is -0.854. The van der Waals surface area contributed by atoms with Crippen LogP contribution >= 0.6 is 11.8 Å². The Morgan fingerprint density at radius 2 is 2.22 bits per heavy atom. The molecule has 0 aromatic heterocycles. The van der Waals surface area contributed by atoms with Crippen LogP contribution in [0.4, 0.5) is 4.39 Å². The van der Waals surface area contributed by atoms with Gasteiger partial charge in [0.15, 0.2) is 0 Å². The molecule has 0 aliphatic rings. The summed E-state index contributed by atoms with van der Waals surface area (Å²) in [5.41, 5.74) is 0.547. The first-order valence-electron chi connectivity index (χ1n) is 5.09. The van der Waals surface area contributed by atoms with Crippen molar-refractivity contribution < 1.29 is 14.4 Å². The normalized spacial score (nSPS) is 13.2. The highest BCUT2D eigenvalue weighted by molar-refractivity contribution is 8.02. The molecule has 7 heteroatoms. The van der Waals surface area contributed by atoms with E-state index in [4.69, 9.17) is 0 Å². The van der Waals surface area contributed by atoms with E-state index >= 15 is 0 Å². The van der Waals surface area contributed by atoms with Crippen LogP contribution in [0.2, 0.25) is 0 Å². The Kier molecular flexibility index (Phi) is 5.60.